The SMILES string of the molecule is O=C(NCC1CC2(CCNCC2)C(=O)O1)c1cccc2[nH]ncc12. The van der Waals surface area contributed by atoms with Crippen LogP contribution in [-0.4, -0.2) is 47.8 Å². The predicted octanol–water partition coefficient (Wildman–Crippen LogP) is 0.978. The van der Waals surface area contributed by atoms with Gasteiger partial charge in [0.25, 0.3) is 5.91 Å². The predicted molar refractivity (Wildman–Crippen MR) is 87.5 cm³/mol. The molecule has 0 bridgehead atoms. The lowest BCUT2D eigenvalue weighted by Crippen LogP contribution is -2.39. The van der Waals surface area contributed by atoms with Gasteiger partial charge in [-0.05, 0) is 38.1 Å². The van der Waals surface area contributed by atoms with Crippen LogP contribution in [0, 0.1) is 5.41 Å². The second-order valence-corrected chi connectivity index (χ2v) is 6.61. The summed E-state index contributed by atoms with van der Waals surface area (Å²) in [5.41, 5.74) is 1.04. The van der Waals surface area contributed by atoms with Crippen LogP contribution in [0.3, 0.4) is 0 Å². The minimum absolute atomic E-state index is 0.111. The number of carbonyl (C=O) groups excluding carboxylic acids is 2. The van der Waals surface area contributed by atoms with E-state index in [1.807, 2.05) is 12.1 Å². The Morgan fingerprint density at radius 1 is 1.38 bits per heavy atom. The molecule has 2 fully saturated rings. The minimum Gasteiger partial charge on any atom is -0.460 e. The maximum Gasteiger partial charge on any atom is 0.312 e. The van der Waals surface area contributed by atoms with Crippen LogP contribution in [0.2, 0.25) is 0 Å². The van der Waals surface area contributed by atoms with Gasteiger partial charge in [-0.25, -0.2) is 0 Å². The number of fused-ring (bicyclic) bond motifs is 1. The summed E-state index contributed by atoms with van der Waals surface area (Å²) in [4.78, 5) is 24.7. The number of benzene rings is 1. The second-order valence-electron chi connectivity index (χ2n) is 6.61. The van der Waals surface area contributed by atoms with E-state index in [1.165, 1.54) is 0 Å². The van der Waals surface area contributed by atoms with Gasteiger partial charge in [-0.2, -0.15) is 5.10 Å². The first-order valence-electron chi connectivity index (χ1n) is 8.30. The summed E-state index contributed by atoms with van der Waals surface area (Å²) < 4.78 is 5.51. The molecule has 2 aliphatic heterocycles. The molecule has 3 heterocycles. The molecule has 3 N–H and O–H groups in total. The van der Waals surface area contributed by atoms with Crippen LogP contribution >= 0.6 is 0 Å². The van der Waals surface area contributed by atoms with Crippen molar-refractivity contribution >= 4 is 22.8 Å². The van der Waals surface area contributed by atoms with Gasteiger partial charge in [-0.15, -0.1) is 0 Å². The zero-order chi connectivity index (χ0) is 16.6. The zero-order valence-electron chi connectivity index (χ0n) is 13.3. The third kappa shape index (κ3) is 2.54. The number of cyclic esters (lactones) is 1. The van der Waals surface area contributed by atoms with Gasteiger partial charge in [-0.3, -0.25) is 14.7 Å². The topological polar surface area (TPSA) is 96.1 Å². The molecule has 1 unspecified atom stereocenters. The summed E-state index contributed by atoms with van der Waals surface area (Å²) in [6.07, 6.45) is 3.70. The molecule has 4 rings (SSSR count). The van der Waals surface area contributed by atoms with E-state index in [2.05, 4.69) is 20.8 Å². The number of rotatable bonds is 3. The maximum absolute atomic E-state index is 12.5. The van der Waals surface area contributed by atoms with Crippen molar-refractivity contribution in [2.75, 3.05) is 19.6 Å². The van der Waals surface area contributed by atoms with Crippen molar-refractivity contribution in [3.63, 3.8) is 0 Å². The molecule has 1 atom stereocenters. The number of aromatic amines is 1. The molecule has 1 spiro atoms. The summed E-state index contributed by atoms with van der Waals surface area (Å²) in [7, 11) is 0. The second kappa shape index (κ2) is 5.90. The number of esters is 1. The first-order chi connectivity index (χ1) is 11.7. The maximum atomic E-state index is 12.5. The Balaban J connectivity index is 1.41. The third-order valence-corrected chi connectivity index (χ3v) is 5.11. The number of aromatic nitrogens is 2. The zero-order valence-corrected chi connectivity index (χ0v) is 13.3. The number of carbonyl (C=O) groups is 2. The Kier molecular flexibility index (Phi) is 3.72. The molecule has 0 aliphatic carbocycles. The third-order valence-electron chi connectivity index (χ3n) is 5.11. The lowest BCUT2D eigenvalue weighted by atomic mass is 9.76. The summed E-state index contributed by atoms with van der Waals surface area (Å²) in [5.74, 6) is -0.288. The van der Waals surface area contributed by atoms with Gasteiger partial charge in [0.15, 0.2) is 0 Å². The normalized spacial score (nSPS) is 22.7. The number of amides is 1. The molecule has 126 valence electrons. The highest BCUT2D eigenvalue weighted by molar-refractivity contribution is 6.06. The van der Waals surface area contributed by atoms with Gasteiger partial charge >= 0.3 is 5.97 Å². The molecule has 2 saturated heterocycles. The summed E-state index contributed by atoms with van der Waals surface area (Å²) in [6.45, 7) is 2.03. The average Bonchev–Trinajstić information content (AvgIpc) is 3.19. The summed E-state index contributed by atoms with van der Waals surface area (Å²) in [6, 6.07) is 5.45. The van der Waals surface area contributed by atoms with Crippen LogP contribution in [0.25, 0.3) is 10.9 Å². The molecule has 0 saturated carbocycles. The molecule has 7 nitrogen and oxygen atoms in total. The van der Waals surface area contributed by atoms with Gasteiger partial charge in [0.1, 0.15) is 6.10 Å². The molecule has 0 radical (unpaired) electrons. The van der Waals surface area contributed by atoms with Crippen LogP contribution in [0.1, 0.15) is 29.6 Å². The van der Waals surface area contributed by atoms with Crippen molar-refractivity contribution in [3.8, 4) is 0 Å². The van der Waals surface area contributed by atoms with Gasteiger partial charge in [0, 0.05) is 11.8 Å². The first-order valence-corrected chi connectivity index (χ1v) is 8.30. The number of piperidine rings is 1. The Morgan fingerprint density at radius 3 is 3.04 bits per heavy atom. The van der Waals surface area contributed by atoms with Crippen molar-refractivity contribution in [1.82, 2.24) is 20.8 Å². The molecule has 2 aromatic rings. The quantitative estimate of drug-likeness (QED) is 0.730. The molecule has 7 heteroatoms. The van der Waals surface area contributed by atoms with Gasteiger partial charge in [0.05, 0.1) is 29.2 Å². The lowest BCUT2D eigenvalue weighted by molar-refractivity contribution is -0.149. The van der Waals surface area contributed by atoms with Crippen LogP contribution in [0.4, 0.5) is 0 Å². The molecule has 1 aromatic heterocycles. The number of hydrogen-bond donors (Lipinski definition) is 3. The Labute approximate surface area is 139 Å². The highest BCUT2D eigenvalue weighted by Gasteiger charge is 2.49. The van der Waals surface area contributed by atoms with Gasteiger partial charge < -0.3 is 15.4 Å². The minimum atomic E-state index is -0.356. The Morgan fingerprint density at radius 2 is 2.21 bits per heavy atom. The molecular formula is C17H20N4O3. The average molecular weight is 328 g/mol. The van der Waals surface area contributed by atoms with Crippen LogP contribution < -0.4 is 10.6 Å². The van der Waals surface area contributed by atoms with E-state index in [0.29, 0.717) is 18.5 Å². The number of hydrogen-bond acceptors (Lipinski definition) is 5. The smallest absolute Gasteiger partial charge is 0.312 e. The van der Waals surface area contributed by atoms with E-state index < -0.39 is 0 Å². The van der Waals surface area contributed by atoms with Crippen molar-refractivity contribution in [2.45, 2.75) is 25.4 Å². The molecule has 1 aromatic carbocycles. The molecular weight excluding hydrogens is 308 g/mol. The fourth-order valence-electron chi connectivity index (χ4n) is 3.73. The number of H-pyrrole nitrogens is 1. The van der Waals surface area contributed by atoms with Gasteiger partial charge in [-0.1, -0.05) is 6.07 Å². The van der Waals surface area contributed by atoms with Crippen LogP contribution in [-0.2, 0) is 9.53 Å². The molecule has 1 amide bonds. The van der Waals surface area contributed by atoms with Crippen molar-refractivity contribution in [3.05, 3.63) is 30.0 Å². The highest BCUT2D eigenvalue weighted by Crippen LogP contribution is 2.41. The fourth-order valence-corrected chi connectivity index (χ4v) is 3.73. The highest BCUT2D eigenvalue weighted by atomic mass is 16.6. The first kappa shape index (κ1) is 15.1. The van der Waals surface area contributed by atoms with E-state index in [1.54, 1.807) is 12.3 Å². The largest absolute Gasteiger partial charge is 0.460 e. The van der Waals surface area contributed by atoms with Crippen LogP contribution in [0.15, 0.2) is 24.4 Å². The Hall–Kier alpha value is -2.41. The summed E-state index contributed by atoms with van der Waals surface area (Å²) in [5, 5.41) is 13.8. The number of nitrogens with zero attached hydrogens (tertiary/aromatic N) is 1. The van der Waals surface area contributed by atoms with E-state index in [9.17, 15) is 9.59 Å². The van der Waals surface area contributed by atoms with Crippen molar-refractivity contribution in [1.29, 1.82) is 0 Å². The summed E-state index contributed by atoms with van der Waals surface area (Å²) >= 11 is 0. The van der Waals surface area contributed by atoms with Gasteiger partial charge in [0.2, 0.25) is 0 Å². The number of nitrogens with one attached hydrogen (secondary N) is 3. The van der Waals surface area contributed by atoms with Crippen molar-refractivity contribution in [2.24, 2.45) is 5.41 Å². The monoisotopic (exact) mass is 328 g/mol. The van der Waals surface area contributed by atoms with E-state index in [-0.39, 0.29) is 23.4 Å². The van der Waals surface area contributed by atoms with Crippen LogP contribution in [0.5, 0.6) is 0 Å². The Bertz CT molecular complexity index is 779. The van der Waals surface area contributed by atoms with E-state index in [0.717, 1.165) is 36.8 Å². The molecule has 24 heavy (non-hydrogen) atoms. The lowest BCUT2D eigenvalue weighted by Gasteiger charge is -2.29. The molecule has 2 aliphatic rings. The van der Waals surface area contributed by atoms with Crippen molar-refractivity contribution < 1.29 is 14.3 Å². The fraction of sp³-hybridized carbons (Fsp3) is 0.471. The number of ether oxygens (including phenoxy) is 1. The van der Waals surface area contributed by atoms with E-state index in [4.69, 9.17) is 4.74 Å². The van der Waals surface area contributed by atoms with E-state index >= 15 is 0 Å². The standard InChI is InChI=1S/C17H20N4O3/c22-15(12-2-1-3-14-13(12)10-20-21-14)19-9-11-8-17(16(23)24-11)4-6-18-7-5-17/h1-3,10-11,18H,4-9H2,(H,19,22)(H,20,21).